The van der Waals surface area contributed by atoms with E-state index in [0.29, 0.717) is 11.8 Å². The van der Waals surface area contributed by atoms with E-state index in [1.165, 1.54) is 18.4 Å². The normalized spacial score (nSPS) is 30.9. The van der Waals surface area contributed by atoms with E-state index >= 15 is 0 Å². The van der Waals surface area contributed by atoms with Gasteiger partial charge < -0.3 is 5.11 Å². The van der Waals surface area contributed by atoms with Crippen molar-refractivity contribution in [2.45, 2.75) is 57.5 Å². The van der Waals surface area contributed by atoms with Gasteiger partial charge in [-0.1, -0.05) is 37.6 Å². The van der Waals surface area contributed by atoms with Crippen LogP contribution in [0.25, 0.3) is 0 Å². The summed E-state index contributed by atoms with van der Waals surface area (Å²) in [7, 11) is 0. The summed E-state index contributed by atoms with van der Waals surface area (Å²) < 4.78 is 0. The Bertz CT molecular complexity index is 528. The molecule has 2 aliphatic rings. The molecule has 1 aromatic rings. The lowest BCUT2D eigenvalue weighted by Crippen LogP contribution is -2.25. The smallest absolute Gasteiger partial charge is 0.0979 e. The third-order valence-electron chi connectivity index (χ3n) is 5.28. The van der Waals surface area contributed by atoms with Crippen LogP contribution in [0.3, 0.4) is 0 Å². The maximum atomic E-state index is 10.9. The molecule has 3 rings (SSSR count). The summed E-state index contributed by atoms with van der Waals surface area (Å²) >= 11 is 0. The fraction of sp³-hybridized carbons (Fsp3) is 0.611. The van der Waals surface area contributed by atoms with Gasteiger partial charge in [0.1, 0.15) is 0 Å². The Morgan fingerprint density at radius 2 is 2.10 bits per heavy atom. The summed E-state index contributed by atoms with van der Waals surface area (Å²) in [6.45, 7) is 2.18. The molecule has 2 fully saturated rings. The zero-order valence-corrected chi connectivity index (χ0v) is 12.2. The van der Waals surface area contributed by atoms with Crippen molar-refractivity contribution in [3.8, 4) is 6.07 Å². The van der Waals surface area contributed by atoms with Crippen LogP contribution >= 0.6 is 0 Å². The summed E-state index contributed by atoms with van der Waals surface area (Å²) in [6, 6.07) is 10.7. The Labute approximate surface area is 121 Å². The number of rotatable bonds is 4. The Hall–Kier alpha value is -1.33. The van der Waals surface area contributed by atoms with Gasteiger partial charge in [0, 0.05) is 0 Å². The maximum absolute atomic E-state index is 10.9. The zero-order valence-electron chi connectivity index (χ0n) is 12.2. The van der Waals surface area contributed by atoms with E-state index in [-0.39, 0.29) is 0 Å². The SMILES string of the molecule is CCC1CCC(C#N)(C(O)c2ccccc2C2CC2)C1. The molecule has 0 heterocycles. The van der Waals surface area contributed by atoms with E-state index in [4.69, 9.17) is 0 Å². The van der Waals surface area contributed by atoms with Crippen molar-refractivity contribution in [1.29, 1.82) is 5.26 Å². The van der Waals surface area contributed by atoms with Gasteiger partial charge in [-0.3, -0.25) is 0 Å². The first-order valence-corrected chi connectivity index (χ1v) is 7.88. The molecule has 0 radical (unpaired) electrons. The van der Waals surface area contributed by atoms with Crippen LogP contribution in [0, 0.1) is 22.7 Å². The first-order valence-electron chi connectivity index (χ1n) is 7.88. The van der Waals surface area contributed by atoms with Crippen LogP contribution in [-0.4, -0.2) is 5.11 Å². The highest BCUT2D eigenvalue weighted by molar-refractivity contribution is 5.37. The second-order valence-corrected chi connectivity index (χ2v) is 6.59. The van der Waals surface area contributed by atoms with E-state index in [1.807, 2.05) is 18.2 Å². The standard InChI is InChI=1S/C18H23NO/c1-2-13-9-10-18(11-13,12-19)17(20)16-6-4-3-5-15(16)14-7-8-14/h3-6,13-14,17,20H,2,7-11H2,1H3. The molecule has 3 atom stereocenters. The van der Waals surface area contributed by atoms with Crippen molar-refractivity contribution in [3.63, 3.8) is 0 Å². The summed E-state index contributed by atoms with van der Waals surface area (Å²) in [5.74, 6) is 1.21. The van der Waals surface area contributed by atoms with Crippen molar-refractivity contribution >= 4 is 0 Å². The number of nitriles is 1. The predicted molar refractivity (Wildman–Crippen MR) is 79.1 cm³/mol. The summed E-state index contributed by atoms with van der Waals surface area (Å²) in [5.41, 5.74) is 1.72. The van der Waals surface area contributed by atoms with Crippen molar-refractivity contribution in [2.24, 2.45) is 11.3 Å². The second kappa shape index (κ2) is 5.22. The van der Waals surface area contributed by atoms with Gasteiger partial charge in [0.25, 0.3) is 0 Å². The number of aliphatic hydroxyl groups is 1. The molecule has 2 nitrogen and oxygen atoms in total. The molecule has 3 unspecified atom stereocenters. The largest absolute Gasteiger partial charge is 0.387 e. The molecule has 1 N–H and O–H groups in total. The minimum absolute atomic E-state index is 0.564. The molecular formula is C18H23NO. The van der Waals surface area contributed by atoms with E-state index in [0.717, 1.165) is 31.2 Å². The Kier molecular flexibility index (Phi) is 3.56. The number of benzene rings is 1. The zero-order chi connectivity index (χ0) is 14.2. The molecule has 0 aromatic heterocycles. The average Bonchev–Trinajstić information content (AvgIpc) is 3.26. The quantitative estimate of drug-likeness (QED) is 0.884. The van der Waals surface area contributed by atoms with Gasteiger partial charge in [-0.25, -0.2) is 0 Å². The van der Waals surface area contributed by atoms with Crippen molar-refractivity contribution < 1.29 is 5.11 Å². The number of hydrogen-bond acceptors (Lipinski definition) is 2. The lowest BCUT2D eigenvalue weighted by atomic mass is 9.76. The number of hydrogen-bond donors (Lipinski definition) is 1. The first-order chi connectivity index (χ1) is 9.70. The molecule has 106 valence electrons. The first kappa shape index (κ1) is 13.6. The van der Waals surface area contributed by atoms with Crippen molar-refractivity contribution in [2.75, 3.05) is 0 Å². The van der Waals surface area contributed by atoms with Crippen LogP contribution < -0.4 is 0 Å². The molecule has 0 amide bonds. The average molecular weight is 269 g/mol. The molecule has 0 spiro atoms. The van der Waals surface area contributed by atoms with Crippen molar-refractivity contribution in [1.82, 2.24) is 0 Å². The van der Waals surface area contributed by atoms with Crippen LogP contribution in [-0.2, 0) is 0 Å². The van der Waals surface area contributed by atoms with Gasteiger partial charge >= 0.3 is 0 Å². The van der Waals surface area contributed by atoms with E-state index in [1.54, 1.807) is 0 Å². The summed E-state index contributed by atoms with van der Waals surface area (Å²) in [6.07, 6.45) is 5.69. The molecule has 0 bridgehead atoms. The number of nitrogens with zero attached hydrogens (tertiary/aromatic N) is 1. The van der Waals surface area contributed by atoms with Gasteiger partial charge in [0.2, 0.25) is 0 Å². The van der Waals surface area contributed by atoms with Crippen LogP contribution in [0.15, 0.2) is 24.3 Å². The summed E-state index contributed by atoms with van der Waals surface area (Å²) in [4.78, 5) is 0. The van der Waals surface area contributed by atoms with E-state index in [2.05, 4.69) is 19.1 Å². The van der Waals surface area contributed by atoms with Crippen LogP contribution in [0.5, 0.6) is 0 Å². The molecule has 0 saturated heterocycles. The third-order valence-corrected chi connectivity index (χ3v) is 5.28. The number of aliphatic hydroxyl groups excluding tert-OH is 1. The Morgan fingerprint density at radius 1 is 1.35 bits per heavy atom. The van der Waals surface area contributed by atoms with Crippen LogP contribution in [0.1, 0.15) is 68.6 Å². The minimum Gasteiger partial charge on any atom is -0.387 e. The summed E-state index contributed by atoms with van der Waals surface area (Å²) in [5, 5.41) is 20.6. The topological polar surface area (TPSA) is 44.0 Å². The predicted octanol–water partition coefficient (Wildman–Crippen LogP) is 4.32. The Morgan fingerprint density at radius 3 is 2.70 bits per heavy atom. The monoisotopic (exact) mass is 269 g/mol. The third kappa shape index (κ3) is 2.25. The lowest BCUT2D eigenvalue weighted by Gasteiger charge is -2.29. The molecule has 1 aromatic carbocycles. The fourth-order valence-electron chi connectivity index (χ4n) is 3.76. The van der Waals surface area contributed by atoms with Crippen molar-refractivity contribution in [3.05, 3.63) is 35.4 Å². The van der Waals surface area contributed by atoms with Crippen LogP contribution in [0.4, 0.5) is 0 Å². The van der Waals surface area contributed by atoms with Gasteiger partial charge in [-0.05, 0) is 55.1 Å². The van der Waals surface area contributed by atoms with Gasteiger partial charge in [0.05, 0.1) is 17.6 Å². The molecule has 2 aliphatic carbocycles. The lowest BCUT2D eigenvalue weighted by molar-refractivity contribution is 0.0633. The van der Waals surface area contributed by atoms with Gasteiger partial charge in [-0.15, -0.1) is 0 Å². The van der Waals surface area contributed by atoms with E-state index < -0.39 is 11.5 Å². The molecular weight excluding hydrogens is 246 g/mol. The Balaban J connectivity index is 1.92. The van der Waals surface area contributed by atoms with E-state index in [9.17, 15) is 10.4 Å². The molecule has 2 saturated carbocycles. The fourth-order valence-corrected chi connectivity index (χ4v) is 3.76. The minimum atomic E-state index is -0.624. The highest BCUT2D eigenvalue weighted by Gasteiger charge is 2.46. The highest BCUT2D eigenvalue weighted by Crippen LogP contribution is 2.53. The van der Waals surface area contributed by atoms with Gasteiger partial charge in [0.15, 0.2) is 0 Å². The molecule has 0 aliphatic heterocycles. The maximum Gasteiger partial charge on any atom is 0.0979 e. The van der Waals surface area contributed by atoms with Gasteiger partial charge in [-0.2, -0.15) is 5.26 Å². The molecule has 2 heteroatoms. The highest BCUT2D eigenvalue weighted by atomic mass is 16.3. The molecule has 20 heavy (non-hydrogen) atoms. The van der Waals surface area contributed by atoms with Crippen LogP contribution in [0.2, 0.25) is 0 Å². The second-order valence-electron chi connectivity index (χ2n) is 6.59.